The van der Waals surface area contributed by atoms with E-state index in [9.17, 15) is 22.8 Å². The maximum Gasteiger partial charge on any atom is 0.416 e. The van der Waals surface area contributed by atoms with Gasteiger partial charge in [-0.2, -0.15) is 13.2 Å². The van der Waals surface area contributed by atoms with Crippen LogP contribution in [0.1, 0.15) is 15.9 Å². The lowest BCUT2D eigenvalue weighted by Gasteiger charge is -2.11. The van der Waals surface area contributed by atoms with Crippen molar-refractivity contribution >= 4 is 57.3 Å². The molecule has 0 saturated carbocycles. The number of anilines is 2. The quantitative estimate of drug-likeness (QED) is 0.354. The number of carbonyl (C=O) groups is 2. The van der Waals surface area contributed by atoms with Gasteiger partial charge in [-0.05, 0) is 36.4 Å². The third-order valence-corrected chi connectivity index (χ3v) is 6.46. The van der Waals surface area contributed by atoms with Crippen molar-refractivity contribution in [2.45, 2.75) is 10.5 Å². The maximum absolute atomic E-state index is 12.9. The van der Waals surface area contributed by atoms with E-state index < -0.39 is 23.6 Å². The van der Waals surface area contributed by atoms with Gasteiger partial charge in [0, 0.05) is 5.56 Å². The van der Waals surface area contributed by atoms with Crippen molar-refractivity contribution in [2.75, 3.05) is 23.2 Å². The van der Waals surface area contributed by atoms with Gasteiger partial charge < -0.3 is 14.8 Å². The molecule has 0 unspecified atom stereocenters. The zero-order chi connectivity index (χ0) is 23.6. The molecule has 2 heterocycles. The normalized spacial score (nSPS) is 12.5. The number of hydrogen-bond acceptors (Lipinski definition) is 8. The second-order valence-corrected chi connectivity index (χ2v) is 9.03. The molecule has 8 nitrogen and oxygen atoms in total. The van der Waals surface area contributed by atoms with Gasteiger partial charge in [-0.15, -0.1) is 10.2 Å². The molecule has 0 radical (unpaired) electrons. The predicted octanol–water partition coefficient (Wildman–Crippen LogP) is 4.92. The number of thioether (sulfide) groups is 1. The molecule has 1 aromatic heterocycles. The number of halogens is 4. The first-order valence-corrected chi connectivity index (χ1v) is 11.2. The van der Waals surface area contributed by atoms with E-state index in [2.05, 4.69) is 20.8 Å². The highest BCUT2D eigenvalue weighted by Gasteiger charge is 2.31. The molecule has 0 bridgehead atoms. The zero-order valence-electron chi connectivity index (χ0n) is 16.2. The summed E-state index contributed by atoms with van der Waals surface area (Å²) in [5.41, 5.74) is -0.742. The van der Waals surface area contributed by atoms with Crippen LogP contribution in [0.5, 0.6) is 11.5 Å². The summed E-state index contributed by atoms with van der Waals surface area (Å²) >= 11 is 7.92. The van der Waals surface area contributed by atoms with E-state index in [1.54, 1.807) is 12.1 Å². The summed E-state index contributed by atoms with van der Waals surface area (Å²) in [5, 5.41) is 12.9. The van der Waals surface area contributed by atoms with Crippen LogP contribution in [0.25, 0.3) is 0 Å². The highest BCUT2D eigenvalue weighted by molar-refractivity contribution is 8.01. The second kappa shape index (κ2) is 9.45. The Hall–Kier alpha value is -3.03. The fraction of sp³-hybridized carbons (Fsp3) is 0.158. The summed E-state index contributed by atoms with van der Waals surface area (Å²) in [4.78, 5) is 24.5. The number of hydrogen-bond donors (Lipinski definition) is 2. The number of nitrogens with zero attached hydrogens (tertiary/aromatic N) is 2. The van der Waals surface area contributed by atoms with Crippen LogP contribution in [-0.4, -0.2) is 34.6 Å². The molecule has 33 heavy (non-hydrogen) atoms. The Morgan fingerprint density at radius 3 is 2.67 bits per heavy atom. The molecule has 172 valence electrons. The number of benzene rings is 2. The number of nitrogens with one attached hydrogen (secondary N) is 2. The second-order valence-electron chi connectivity index (χ2n) is 6.42. The minimum absolute atomic E-state index is 0.0224. The molecule has 2 N–H and O–H groups in total. The van der Waals surface area contributed by atoms with Crippen LogP contribution in [0.4, 0.5) is 24.0 Å². The molecule has 2 aromatic carbocycles. The number of aromatic nitrogens is 2. The van der Waals surface area contributed by atoms with E-state index in [0.29, 0.717) is 21.4 Å². The fourth-order valence-corrected chi connectivity index (χ4v) is 4.35. The lowest BCUT2D eigenvalue weighted by Crippen LogP contribution is -2.15. The van der Waals surface area contributed by atoms with Crippen molar-refractivity contribution in [1.82, 2.24) is 10.2 Å². The molecule has 1 aliphatic heterocycles. The average molecular weight is 517 g/mol. The molecule has 0 aliphatic carbocycles. The van der Waals surface area contributed by atoms with Crippen LogP contribution in [0.3, 0.4) is 0 Å². The number of fused-ring (bicyclic) bond motifs is 1. The highest BCUT2D eigenvalue weighted by atomic mass is 35.5. The van der Waals surface area contributed by atoms with Crippen LogP contribution in [-0.2, 0) is 11.0 Å². The van der Waals surface area contributed by atoms with Crippen molar-refractivity contribution in [1.29, 1.82) is 0 Å². The van der Waals surface area contributed by atoms with E-state index in [1.807, 2.05) is 0 Å². The molecule has 0 spiro atoms. The SMILES string of the molecule is O=C(CSc1nnc(NC(=O)c2ccc3c(c2)OCO3)s1)Nc1cc(C(F)(F)F)ccc1Cl. The van der Waals surface area contributed by atoms with Gasteiger partial charge in [0.1, 0.15) is 0 Å². The summed E-state index contributed by atoms with van der Waals surface area (Å²) in [5.74, 6) is -0.161. The molecule has 0 fully saturated rings. The fourth-order valence-electron chi connectivity index (χ4n) is 2.64. The molecular formula is C19H12ClF3N4O4S2. The van der Waals surface area contributed by atoms with Crippen LogP contribution < -0.4 is 20.1 Å². The molecule has 2 amide bonds. The Bertz CT molecular complexity index is 1220. The summed E-state index contributed by atoms with van der Waals surface area (Å²) < 4.78 is 49.4. The largest absolute Gasteiger partial charge is 0.454 e. The van der Waals surface area contributed by atoms with Crippen LogP contribution in [0, 0.1) is 0 Å². The molecule has 0 atom stereocenters. The van der Waals surface area contributed by atoms with Gasteiger partial charge in [0.2, 0.25) is 17.8 Å². The summed E-state index contributed by atoms with van der Waals surface area (Å²) in [6.45, 7) is 0.0882. The van der Waals surface area contributed by atoms with Gasteiger partial charge in [0.05, 0.1) is 22.0 Å². The van der Waals surface area contributed by atoms with Gasteiger partial charge >= 0.3 is 6.18 Å². The Balaban J connectivity index is 1.32. The monoisotopic (exact) mass is 516 g/mol. The van der Waals surface area contributed by atoms with Crippen molar-refractivity contribution in [3.05, 3.63) is 52.5 Å². The lowest BCUT2D eigenvalue weighted by molar-refractivity contribution is -0.137. The molecule has 0 saturated heterocycles. The first-order valence-electron chi connectivity index (χ1n) is 9.03. The first-order chi connectivity index (χ1) is 15.7. The summed E-state index contributed by atoms with van der Waals surface area (Å²) in [6, 6.07) is 7.38. The van der Waals surface area contributed by atoms with Gasteiger partial charge in [-0.3, -0.25) is 14.9 Å². The number of ether oxygens (including phenoxy) is 2. The number of alkyl halides is 3. The maximum atomic E-state index is 12.9. The van der Waals surface area contributed by atoms with Crippen molar-refractivity contribution in [3.8, 4) is 11.5 Å². The van der Waals surface area contributed by atoms with Gasteiger partial charge in [0.25, 0.3) is 5.91 Å². The lowest BCUT2D eigenvalue weighted by atomic mass is 10.2. The minimum atomic E-state index is -4.56. The predicted molar refractivity (Wildman–Crippen MR) is 116 cm³/mol. The topological polar surface area (TPSA) is 102 Å². The average Bonchev–Trinajstić information content (AvgIpc) is 3.41. The Morgan fingerprint density at radius 2 is 1.88 bits per heavy atom. The van der Waals surface area contributed by atoms with Crippen LogP contribution in [0.15, 0.2) is 40.7 Å². The zero-order valence-corrected chi connectivity index (χ0v) is 18.6. The van der Waals surface area contributed by atoms with Gasteiger partial charge in [-0.1, -0.05) is 34.7 Å². The van der Waals surface area contributed by atoms with Gasteiger partial charge in [0.15, 0.2) is 15.8 Å². The van der Waals surface area contributed by atoms with E-state index in [0.717, 1.165) is 41.3 Å². The first kappa shape index (κ1) is 23.1. The standard InChI is InChI=1S/C19H12ClF3N4O4S2/c20-11-3-2-10(19(21,22)23)6-12(11)24-15(28)7-32-18-27-26-17(33-18)25-16(29)9-1-4-13-14(5-9)31-8-30-13/h1-6H,7-8H2,(H,24,28)(H,25,26,29). The van der Waals surface area contributed by atoms with Crippen LogP contribution in [0.2, 0.25) is 5.02 Å². The van der Waals surface area contributed by atoms with Crippen LogP contribution >= 0.6 is 34.7 Å². The van der Waals surface area contributed by atoms with Crippen molar-refractivity contribution in [3.63, 3.8) is 0 Å². The van der Waals surface area contributed by atoms with E-state index in [1.165, 1.54) is 6.07 Å². The van der Waals surface area contributed by atoms with E-state index >= 15 is 0 Å². The number of rotatable bonds is 6. The summed E-state index contributed by atoms with van der Waals surface area (Å²) in [6.07, 6.45) is -4.56. The van der Waals surface area contributed by atoms with Crippen molar-refractivity contribution < 1.29 is 32.2 Å². The third-order valence-electron chi connectivity index (χ3n) is 4.16. The van der Waals surface area contributed by atoms with E-state index in [-0.39, 0.29) is 28.4 Å². The molecule has 1 aliphatic rings. The minimum Gasteiger partial charge on any atom is -0.454 e. The van der Waals surface area contributed by atoms with Crippen molar-refractivity contribution in [2.24, 2.45) is 0 Å². The summed E-state index contributed by atoms with van der Waals surface area (Å²) in [7, 11) is 0. The Kier molecular flexibility index (Phi) is 6.63. The molecule has 14 heteroatoms. The Morgan fingerprint density at radius 1 is 1.09 bits per heavy atom. The molecular weight excluding hydrogens is 505 g/mol. The highest BCUT2D eigenvalue weighted by Crippen LogP contribution is 2.35. The smallest absolute Gasteiger partial charge is 0.416 e. The number of amides is 2. The van der Waals surface area contributed by atoms with Gasteiger partial charge in [-0.25, -0.2) is 0 Å². The number of carbonyl (C=O) groups excluding carboxylic acids is 2. The van der Waals surface area contributed by atoms with E-state index in [4.69, 9.17) is 21.1 Å². The molecule has 3 aromatic rings. The molecule has 4 rings (SSSR count). The third kappa shape index (κ3) is 5.67. The Labute approximate surface area is 197 Å².